The van der Waals surface area contributed by atoms with Gasteiger partial charge in [-0.2, -0.15) is 0 Å². The van der Waals surface area contributed by atoms with Gasteiger partial charge in [0.2, 0.25) is 0 Å². The fourth-order valence-corrected chi connectivity index (χ4v) is 3.01. The maximum atomic E-state index is 6.04. The van der Waals surface area contributed by atoms with Gasteiger partial charge in [0.25, 0.3) is 0 Å². The van der Waals surface area contributed by atoms with Crippen LogP contribution in [0.2, 0.25) is 5.02 Å². The lowest BCUT2D eigenvalue weighted by atomic mass is 9.96. The molecule has 1 aliphatic rings. The van der Waals surface area contributed by atoms with Crippen LogP contribution in [0.15, 0.2) is 22.7 Å². The Morgan fingerprint density at radius 3 is 2.72 bits per heavy atom. The maximum Gasteiger partial charge on any atom is 0.171 e. The van der Waals surface area contributed by atoms with Gasteiger partial charge in [-0.1, -0.05) is 36.9 Å². The van der Waals surface area contributed by atoms with E-state index in [1.807, 2.05) is 18.2 Å². The van der Waals surface area contributed by atoms with Gasteiger partial charge in [0.15, 0.2) is 5.11 Å². The highest BCUT2D eigenvalue weighted by atomic mass is 79.9. The highest BCUT2D eigenvalue weighted by Gasteiger charge is 2.14. The molecule has 2 rings (SSSR count). The van der Waals surface area contributed by atoms with Crippen molar-refractivity contribution in [3.63, 3.8) is 0 Å². The van der Waals surface area contributed by atoms with Crippen LogP contribution < -0.4 is 10.6 Å². The molecule has 0 unspecified atom stereocenters. The van der Waals surface area contributed by atoms with Crippen LogP contribution in [-0.2, 0) is 0 Å². The fraction of sp³-hybridized carbons (Fsp3) is 0.462. The van der Waals surface area contributed by atoms with Gasteiger partial charge in [-0.15, -0.1) is 0 Å². The molecular formula is C13H16BrClN2S. The third kappa shape index (κ3) is 3.84. The Kier molecular flexibility index (Phi) is 5.27. The van der Waals surface area contributed by atoms with Crippen molar-refractivity contribution in [1.82, 2.24) is 5.32 Å². The topological polar surface area (TPSA) is 24.1 Å². The van der Waals surface area contributed by atoms with Crippen LogP contribution in [0.1, 0.15) is 32.1 Å². The number of benzene rings is 1. The Morgan fingerprint density at radius 1 is 1.28 bits per heavy atom. The summed E-state index contributed by atoms with van der Waals surface area (Å²) in [6.45, 7) is 0. The van der Waals surface area contributed by atoms with Gasteiger partial charge in [0.1, 0.15) is 0 Å². The lowest BCUT2D eigenvalue weighted by Gasteiger charge is -2.24. The first-order valence-corrected chi connectivity index (χ1v) is 7.76. The van der Waals surface area contributed by atoms with Gasteiger partial charge in [-0.05, 0) is 53.1 Å². The van der Waals surface area contributed by atoms with Gasteiger partial charge in [-0.25, -0.2) is 0 Å². The number of nitrogens with one attached hydrogen (secondary N) is 2. The van der Waals surface area contributed by atoms with Crippen LogP contribution in [0.3, 0.4) is 0 Å². The Hall–Kier alpha value is -0.320. The van der Waals surface area contributed by atoms with Crippen molar-refractivity contribution in [3.05, 3.63) is 27.7 Å². The third-order valence-electron chi connectivity index (χ3n) is 3.14. The summed E-state index contributed by atoms with van der Waals surface area (Å²) in [7, 11) is 0. The molecule has 1 aromatic rings. The lowest BCUT2D eigenvalue weighted by molar-refractivity contribution is 0.415. The molecule has 5 heteroatoms. The zero-order valence-electron chi connectivity index (χ0n) is 10.0. The highest BCUT2D eigenvalue weighted by molar-refractivity contribution is 9.10. The number of hydrogen-bond donors (Lipinski definition) is 2. The summed E-state index contributed by atoms with van der Waals surface area (Å²) in [6.07, 6.45) is 6.34. The predicted molar refractivity (Wildman–Crippen MR) is 85.4 cm³/mol. The first kappa shape index (κ1) is 14.1. The van der Waals surface area contributed by atoms with E-state index in [0.717, 1.165) is 10.2 Å². The van der Waals surface area contributed by atoms with Crippen molar-refractivity contribution in [3.8, 4) is 0 Å². The molecule has 1 aromatic carbocycles. The Bertz CT molecular complexity index is 433. The summed E-state index contributed by atoms with van der Waals surface area (Å²) >= 11 is 14.8. The molecule has 1 saturated carbocycles. The van der Waals surface area contributed by atoms with E-state index in [0.29, 0.717) is 16.2 Å². The zero-order chi connectivity index (χ0) is 13.0. The van der Waals surface area contributed by atoms with Crippen LogP contribution in [0, 0.1) is 0 Å². The minimum absolute atomic E-state index is 0.511. The summed E-state index contributed by atoms with van der Waals surface area (Å²) in [5.74, 6) is 0. The normalized spacial score (nSPS) is 16.3. The van der Waals surface area contributed by atoms with Crippen molar-refractivity contribution >= 4 is 50.5 Å². The van der Waals surface area contributed by atoms with E-state index in [9.17, 15) is 0 Å². The van der Waals surface area contributed by atoms with Gasteiger partial charge in [0, 0.05) is 6.04 Å². The smallest absolute Gasteiger partial charge is 0.171 e. The molecule has 0 heterocycles. The molecule has 2 N–H and O–H groups in total. The highest BCUT2D eigenvalue weighted by Crippen LogP contribution is 2.30. The Balaban J connectivity index is 1.92. The summed E-state index contributed by atoms with van der Waals surface area (Å²) in [5, 5.41) is 7.91. The molecule has 98 valence electrons. The number of rotatable bonds is 2. The molecule has 18 heavy (non-hydrogen) atoms. The second-order valence-corrected chi connectivity index (χ2v) is 6.14. The Labute approximate surface area is 127 Å². The predicted octanol–water partition coefficient (Wildman–Crippen LogP) is 4.72. The van der Waals surface area contributed by atoms with Gasteiger partial charge < -0.3 is 10.6 Å². The molecule has 0 saturated heterocycles. The van der Waals surface area contributed by atoms with E-state index in [2.05, 4.69) is 26.6 Å². The van der Waals surface area contributed by atoms with E-state index in [4.69, 9.17) is 23.8 Å². The number of halogens is 2. The molecule has 1 fully saturated rings. The molecular weight excluding hydrogens is 332 g/mol. The minimum Gasteiger partial charge on any atom is -0.360 e. The van der Waals surface area contributed by atoms with Crippen LogP contribution in [0.4, 0.5) is 5.69 Å². The van der Waals surface area contributed by atoms with Crippen LogP contribution in [0.25, 0.3) is 0 Å². The van der Waals surface area contributed by atoms with Crippen molar-refractivity contribution in [2.75, 3.05) is 5.32 Å². The fourth-order valence-electron chi connectivity index (χ4n) is 2.19. The molecule has 1 aliphatic carbocycles. The number of thiocarbonyl (C=S) groups is 1. The first-order chi connectivity index (χ1) is 8.66. The van der Waals surface area contributed by atoms with Crippen molar-refractivity contribution in [2.24, 2.45) is 0 Å². The van der Waals surface area contributed by atoms with E-state index < -0.39 is 0 Å². The molecule has 0 atom stereocenters. The summed E-state index contributed by atoms with van der Waals surface area (Å²) in [5.41, 5.74) is 0.899. The molecule has 0 radical (unpaired) electrons. The molecule has 0 aliphatic heterocycles. The van der Waals surface area contributed by atoms with E-state index in [1.165, 1.54) is 32.1 Å². The third-order valence-corrected chi connectivity index (χ3v) is 4.76. The molecule has 0 spiro atoms. The summed E-state index contributed by atoms with van der Waals surface area (Å²) in [6, 6.07) is 6.20. The van der Waals surface area contributed by atoms with Gasteiger partial charge >= 0.3 is 0 Å². The largest absolute Gasteiger partial charge is 0.360 e. The quantitative estimate of drug-likeness (QED) is 0.757. The van der Waals surface area contributed by atoms with Gasteiger partial charge in [-0.3, -0.25) is 0 Å². The molecule has 0 bridgehead atoms. The van der Waals surface area contributed by atoms with Crippen LogP contribution in [0.5, 0.6) is 0 Å². The van der Waals surface area contributed by atoms with E-state index in [1.54, 1.807) is 0 Å². The Morgan fingerprint density at radius 2 is 2.00 bits per heavy atom. The standard InChI is InChI=1S/C13H16BrClN2S/c14-12-10(15)7-4-8-11(12)17-13(18)16-9-5-2-1-3-6-9/h4,7-9H,1-3,5-6H2,(H2,16,17,18). The average Bonchev–Trinajstić information content (AvgIpc) is 2.36. The molecule has 0 aromatic heterocycles. The number of hydrogen-bond acceptors (Lipinski definition) is 1. The minimum atomic E-state index is 0.511. The van der Waals surface area contributed by atoms with Crippen molar-refractivity contribution in [2.45, 2.75) is 38.1 Å². The van der Waals surface area contributed by atoms with Crippen molar-refractivity contribution in [1.29, 1.82) is 0 Å². The molecule has 0 amide bonds. The monoisotopic (exact) mass is 346 g/mol. The average molecular weight is 348 g/mol. The van der Waals surface area contributed by atoms with E-state index >= 15 is 0 Å². The summed E-state index contributed by atoms with van der Waals surface area (Å²) < 4.78 is 0.847. The second kappa shape index (κ2) is 6.73. The first-order valence-electron chi connectivity index (χ1n) is 6.18. The molecule has 2 nitrogen and oxygen atoms in total. The number of anilines is 1. The lowest BCUT2D eigenvalue weighted by Crippen LogP contribution is -2.38. The van der Waals surface area contributed by atoms with Crippen molar-refractivity contribution < 1.29 is 0 Å². The maximum absolute atomic E-state index is 6.04. The SMILES string of the molecule is S=C(Nc1cccc(Cl)c1Br)NC1CCCCC1. The van der Waals surface area contributed by atoms with E-state index in [-0.39, 0.29) is 0 Å². The second-order valence-electron chi connectivity index (χ2n) is 4.53. The zero-order valence-corrected chi connectivity index (χ0v) is 13.2. The van der Waals surface area contributed by atoms with Crippen LogP contribution >= 0.6 is 39.7 Å². The van der Waals surface area contributed by atoms with Crippen LogP contribution in [-0.4, -0.2) is 11.2 Å². The van der Waals surface area contributed by atoms with Gasteiger partial charge in [0.05, 0.1) is 15.2 Å². The summed E-state index contributed by atoms with van der Waals surface area (Å²) in [4.78, 5) is 0.